The van der Waals surface area contributed by atoms with Crippen molar-refractivity contribution in [2.45, 2.75) is 32.6 Å². The summed E-state index contributed by atoms with van der Waals surface area (Å²) in [5, 5.41) is 3.95. The molecule has 1 N–H and O–H groups in total. The summed E-state index contributed by atoms with van der Waals surface area (Å²) >= 11 is 5.99. The number of carbonyl (C=O) groups is 1. The van der Waals surface area contributed by atoms with E-state index >= 15 is 0 Å². The number of benzene rings is 2. The summed E-state index contributed by atoms with van der Waals surface area (Å²) in [5.41, 5.74) is 5.45. The van der Waals surface area contributed by atoms with Gasteiger partial charge in [0.05, 0.1) is 17.0 Å². The number of carbonyl (C=O) groups excluding carboxylic acids is 1. The van der Waals surface area contributed by atoms with Crippen LogP contribution in [-0.2, 0) is 6.42 Å². The number of hydrogen-bond donors (Lipinski definition) is 1. The van der Waals surface area contributed by atoms with Crippen LogP contribution in [0.1, 0.15) is 45.2 Å². The van der Waals surface area contributed by atoms with Crippen molar-refractivity contribution >= 4 is 29.0 Å². The van der Waals surface area contributed by atoms with Gasteiger partial charge in [-0.05, 0) is 56.0 Å². The average Bonchev–Trinajstić information content (AvgIpc) is 2.63. The molecule has 0 bridgehead atoms. The molecule has 0 saturated heterocycles. The Balaban J connectivity index is 1.65. The second-order valence-corrected chi connectivity index (χ2v) is 7.46. The number of rotatable bonds is 3. The molecular formula is C22H20ClN3O. The number of nitrogens with one attached hydrogen (secondary N) is 1. The Morgan fingerprint density at radius 2 is 1.67 bits per heavy atom. The molecule has 5 heteroatoms. The minimum Gasteiger partial charge on any atom is -0.324 e. The number of anilines is 2. The third-order valence-electron chi connectivity index (χ3n) is 4.96. The Morgan fingerprint density at radius 1 is 0.963 bits per heavy atom. The van der Waals surface area contributed by atoms with Crippen molar-refractivity contribution in [1.82, 2.24) is 9.97 Å². The summed E-state index contributed by atoms with van der Waals surface area (Å²) in [6.07, 6.45) is 1.19. The van der Waals surface area contributed by atoms with E-state index in [0.29, 0.717) is 29.4 Å². The van der Waals surface area contributed by atoms with Crippen LogP contribution in [0.25, 0.3) is 0 Å². The number of hydrogen-bond acceptors (Lipinski definition) is 4. The van der Waals surface area contributed by atoms with Gasteiger partial charge >= 0.3 is 0 Å². The standard InChI is InChI=1S/C22H20ClN3O/c1-13-3-9-18(10-4-13)25-22-24-14(2)21-19(26-22)11-16(12-20(21)27)15-5-7-17(23)8-6-15/h3-10,16H,11-12H2,1-2H3,(H,24,25,26)/t16-/m0/s1. The van der Waals surface area contributed by atoms with Gasteiger partial charge in [0.25, 0.3) is 0 Å². The minimum absolute atomic E-state index is 0.107. The summed E-state index contributed by atoms with van der Waals surface area (Å²) in [7, 11) is 0. The summed E-state index contributed by atoms with van der Waals surface area (Å²) in [6.45, 7) is 3.92. The summed E-state index contributed by atoms with van der Waals surface area (Å²) < 4.78 is 0. The summed E-state index contributed by atoms with van der Waals surface area (Å²) in [6, 6.07) is 15.8. The van der Waals surface area contributed by atoms with Crippen LogP contribution < -0.4 is 5.32 Å². The minimum atomic E-state index is 0.107. The largest absolute Gasteiger partial charge is 0.324 e. The third kappa shape index (κ3) is 3.71. The van der Waals surface area contributed by atoms with Gasteiger partial charge in [-0.1, -0.05) is 41.4 Å². The first kappa shape index (κ1) is 17.7. The fourth-order valence-corrected chi connectivity index (χ4v) is 3.69. The van der Waals surface area contributed by atoms with Crippen molar-refractivity contribution in [3.63, 3.8) is 0 Å². The molecule has 136 valence electrons. The third-order valence-corrected chi connectivity index (χ3v) is 5.22. The van der Waals surface area contributed by atoms with Crippen LogP contribution in [-0.4, -0.2) is 15.8 Å². The van der Waals surface area contributed by atoms with Gasteiger partial charge in [-0.3, -0.25) is 4.79 Å². The first-order valence-electron chi connectivity index (χ1n) is 8.99. The smallest absolute Gasteiger partial charge is 0.227 e. The molecule has 1 aromatic heterocycles. The molecule has 0 saturated carbocycles. The Labute approximate surface area is 163 Å². The molecule has 0 unspecified atom stereocenters. The highest BCUT2D eigenvalue weighted by Gasteiger charge is 2.29. The zero-order valence-corrected chi connectivity index (χ0v) is 16.0. The van der Waals surface area contributed by atoms with Crippen LogP contribution in [0.15, 0.2) is 48.5 Å². The maximum Gasteiger partial charge on any atom is 0.227 e. The highest BCUT2D eigenvalue weighted by atomic mass is 35.5. The van der Waals surface area contributed by atoms with Crippen LogP contribution >= 0.6 is 11.6 Å². The van der Waals surface area contributed by atoms with Crippen LogP contribution in [0.3, 0.4) is 0 Å². The molecule has 4 rings (SSSR count). The van der Waals surface area contributed by atoms with E-state index in [1.807, 2.05) is 62.4 Å². The summed E-state index contributed by atoms with van der Waals surface area (Å²) in [4.78, 5) is 21.9. The van der Waals surface area contributed by atoms with Gasteiger partial charge in [-0.2, -0.15) is 0 Å². The number of fused-ring (bicyclic) bond motifs is 1. The molecule has 1 aliphatic carbocycles. The van der Waals surface area contributed by atoms with Gasteiger partial charge < -0.3 is 5.32 Å². The van der Waals surface area contributed by atoms with E-state index in [0.717, 1.165) is 22.6 Å². The molecule has 0 aliphatic heterocycles. The second kappa shape index (κ2) is 7.12. The maximum absolute atomic E-state index is 12.7. The van der Waals surface area contributed by atoms with Gasteiger partial charge in [-0.15, -0.1) is 0 Å². The number of aromatic nitrogens is 2. The first-order valence-corrected chi connectivity index (χ1v) is 9.37. The molecule has 2 aromatic carbocycles. The SMILES string of the molecule is Cc1ccc(Nc2nc(C)c3c(n2)C[C@H](c2ccc(Cl)cc2)CC3=O)cc1. The molecule has 3 aromatic rings. The maximum atomic E-state index is 12.7. The topological polar surface area (TPSA) is 54.9 Å². The number of Topliss-reactive ketones (excluding diaryl/α,β-unsaturated/α-hetero) is 1. The molecule has 1 aliphatic rings. The van der Waals surface area contributed by atoms with E-state index in [9.17, 15) is 4.79 Å². The molecule has 0 spiro atoms. The molecule has 1 atom stereocenters. The lowest BCUT2D eigenvalue weighted by atomic mass is 9.81. The van der Waals surface area contributed by atoms with Gasteiger partial charge in [0.1, 0.15) is 0 Å². The summed E-state index contributed by atoms with van der Waals surface area (Å²) in [5.74, 6) is 0.749. The molecule has 4 nitrogen and oxygen atoms in total. The number of aryl methyl sites for hydroxylation is 2. The fourth-order valence-electron chi connectivity index (χ4n) is 3.57. The Hall–Kier alpha value is -2.72. The highest BCUT2D eigenvalue weighted by molar-refractivity contribution is 6.30. The van der Waals surface area contributed by atoms with Gasteiger partial charge in [-0.25, -0.2) is 9.97 Å². The Kier molecular flexibility index (Phi) is 4.66. The molecular weight excluding hydrogens is 358 g/mol. The van der Waals surface area contributed by atoms with Crippen molar-refractivity contribution in [2.75, 3.05) is 5.32 Å². The lowest BCUT2D eigenvalue weighted by Crippen LogP contribution is -2.22. The van der Waals surface area contributed by atoms with E-state index in [-0.39, 0.29) is 11.7 Å². The monoisotopic (exact) mass is 377 g/mol. The number of halogens is 1. The van der Waals surface area contributed by atoms with Crippen LogP contribution in [0.2, 0.25) is 5.02 Å². The number of nitrogens with zero attached hydrogens (tertiary/aromatic N) is 2. The van der Waals surface area contributed by atoms with Crippen molar-refractivity contribution < 1.29 is 4.79 Å². The van der Waals surface area contributed by atoms with Crippen molar-refractivity contribution in [2.24, 2.45) is 0 Å². The zero-order chi connectivity index (χ0) is 19.0. The molecule has 0 fully saturated rings. The van der Waals surface area contributed by atoms with E-state index < -0.39 is 0 Å². The molecule has 0 radical (unpaired) electrons. The Bertz CT molecular complexity index is 997. The fraction of sp³-hybridized carbons (Fsp3) is 0.227. The van der Waals surface area contributed by atoms with Crippen LogP contribution in [0.4, 0.5) is 11.6 Å². The normalized spacial score (nSPS) is 16.1. The first-order chi connectivity index (χ1) is 13.0. The van der Waals surface area contributed by atoms with Gasteiger partial charge in [0.2, 0.25) is 5.95 Å². The van der Waals surface area contributed by atoms with E-state index in [2.05, 4.69) is 15.3 Å². The van der Waals surface area contributed by atoms with Gasteiger partial charge in [0.15, 0.2) is 5.78 Å². The second-order valence-electron chi connectivity index (χ2n) is 7.03. The Morgan fingerprint density at radius 3 is 2.37 bits per heavy atom. The predicted molar refractivity (Wildman–Crippen MR) is 108 cm³/mol. The van der Waals surface area contributed by atoms with Crippen molar-refractivity contribution in [3.05, 3.63) is 81.6 Å². The number of ketones is 1. The van der Waals surface area contributed by atoms with Crippen LogP contribution in [0, 0.1) is 13.8 Å². The van der Waals surface area contributed by atoms with Gasteiger partial charge in [0, 0.05) is 17.1 Å². The molecule has 0 amide bonds. The van der Waals surface area contributed by atoms with E-state index in [4.69, 9.17) is 11.6 Å². The van der Waals surface area contributed by atoms with Crippen molar-refractivity contribution in [3.8, 4) is 0 Å². The quantitative estimate of drug-likeness (QED) is 0.663. The van der Waals surface area contributed by atoms with E-state index in [1.54, 1.807) is 0 Å². The lowest BCUT2D eigenvalue weighted by molar-refractivity contribution is 0.0962. The average molecular weight is 378 g/mol. The lowest BCUT2D eigenvalue weighted by Gasteiger charge is -2.24. The highest BCUT2D eigenvalue weighted by Crippen LogP contribution is 2.34. The van der Waals surface area contributed by atoms with Crippen molar-refractivity contribution in [1.29, 1.82) is 0 Å². The molecule has 27 heavy (non-hydrogen) atoms. The predicted octanol–water partition coefficient (Wildman–Crippen LogP) is 5.40. The van der Waals surface area contributed by atoms with Crippen LogP contribution in [0.5, 0.6) is 0 Å². The zero-order valence-electron chi connectivity index (χ0n) is 15.3. The van der Waals surface area contributed by atoms with E-state index in [1.165, 1.54) is 5.56 Å². The molecule has 1 heterocycles.